The summed E-state index contributed by atoms with van der Waals surface area (Å²) in [5.41, 5.74) is 0. The first-order chi connectivity index (χ1) is 5.91. The molecule has 0 spiro atoms. The molecule has 1 atom stereocenters. The fourth-order valence-electron chi connectivity index (χ4n) is 1.00. The van der Waals surface area contributed by atoms with E-state index in [1.807, 2.05) is 0 Å². The Balaban J connectivity index is 2.35. The van der Waals surface area contributed by atoms with E-state index < -0.39 is 10.0 Å². The number of halogens is 3. The standard InChI is InChI=1S/C7H10Cl3NO2/c8-7(9,10)6(13)11-5(12)4-2-1-3-4/h4,6,13H,1-3H2,(H,11,12). The number of aliphatic hydroxyl groups is 1. The van der Waals surface area contributed by atoms with Crippen LogP contribution in [0.3, 0.4) is 0 Å². The molecular weight excluding hydrogens is 236 g/mol. The number of aliphatic hydroxyl groups excluding tert-OH is 1. The molecule has 1 fully saturated rings. The average molecular weight is 247 g/mol. The smallest absolute Gasteiger partial charge is 0.234 e. The van der Waals surface area contributed by atoms with Crippen molar-refractivity contribution in [3.63, 3.8) is 0 Å². The molecule has 0 aromatic heterocycles. The Labute approximate surface area is 91.3 Å². The molecule has 1 aliphatic rings. The lowest BCUT2D eigenvalue weighted by Crippen LogP contribution is -2.47. The van der Waals surface area contributed by atoms with E-state index in [0.29, 0.717) is 0 Å². The SMILES string of the molecule is O=C(NC(O)C(Cl)(Cl)Cl)C1CCC1. The Hall–Kier alpha value is 0.300. The molecule has 3 nitrogen and oxygen atoms in total. The third-order valence-corrected chi connectivity index (χ3v) is 2.69. The highest BCUT2D eigenvalue weighted by Crippen LogP contribution is 2.30. The van der Waals surface area contributed by atoms with Crippen molar-refractivity contribution in [2.24, 2.45) is 5.92 Å². The molecule has 0 radical (unpaired) electrons. The second-order valence-electron chi connectivity index (χ2n) is 3.08. The van der Waals surface area contributed by atoms with Gasteiger partial charge in [-0.3, -0.25) is 4.79 Å². The molecule has 0 bridgehead atoms. The molecule has 2 N–H and O–H groups in total. The van der Waals surface area contributed by atoms with E-state index in [9.17, 15) is 9.90 Å². The molecule has 1 unspecified atom stereocenters. The van der Waals surface area contributed by atoms with E-state index in [2.05, 4.69) is 5.32 Å². The molecule has 1 amide bonds. The molecule has 1 rings (SSSR count). The van der Waals surface area contributed by atoms with Gasteiger partial charge in [0.15, 0.2) is 6.23 Å². The number of hydrogen-bond donors (Lipinski definition) is 2. The second kappa shape index (κ2) is 4.22. The van der Waals surface area contributed by atoms with Gasteiger partial charge >= 0.3 is 0 Å². The first-order valence-corrected chi connectivity index (χ1v) is 5.10. The third-order valence-electron chi connectivity index (χ3n) is 2.06. The highest BCUT2D eigenvalue weighted by Gasteiger charge is 2.34. The molecule has 13 heavy (non-hydrogen) atoms. The van der Waals surface area contributed by atoms with E-state index in [1.54, 1.807) is 0 Å². The van der Waals surface area contributed by atoms with Gasteiger partial charge in [0.2, 0.25) is 9.70 Å². The summed E-state index contributed by atoms with van der Waals surface area (Å²) in [5, 5.41) is 11.4. The van der Waals surface area contributed by atoms with Crippen LogP contribution < -0.4 is 5.32 Å². The summed E-state index contributed by atoms with van der Waals surface area (Å²) in [7, 11) is 0. The Morgan fingerprint density at radius 3 is 2.31 bits per heavy atom. The minimum Gasteiger partial charge on any atom is -0.369 e. The number of rotatable bonds is 2. The summed E-state index contributed by atoms with van der Waals surface area (Å²) < 4.78 is -1.86. The van der Waals surface area contributed by atoms with Crippen LogP contribution in [0.5, 0.6) is 0 Å². The number of carbonyl (C=O) groups excluding carboxylic acids is 1. The van der Waals surface area contributed by atoms with Crippen molar-refractivity contribution >= 4 is 40.7 Å². The molecule has 1 aliphatic carbocycles. The summed E-state index contributed by atoms with van der Waals surface area (Å²) in [5.74, 6) is -0.271. The summed E-state index contributed by atoms with van der Waals surface area (Å²) in [4.78, 5) is 11.2. The summed E-state index contributed by atoms with van der Waals surface area (Å²) in [6.45, 7) is 0. The maximum atomic E-state index is 11.2. The zero-order valence-electron chi connectivity index (χ0n) is 6.77. The van der Waals surface area contributed by atoms with Crippen molar-refractivity contribution in [3.8, 4) is 0 Å². The van der Waals surface area contributed by atoms with Crippen LogP contribution in [0.15, 0.2) is 0 Å². The maximum Gasteiger partial charge on any atom is 0.234 e. The Bertz CT molecular complexity index is 200. The zero-order chi connectivity index (χ0) is 10.1. The van der Waals surface area contributed by atoms with Crippen LogP contribution in [0.4, 0.5) is 0 Å². The summed E-state index contributed by atoms with van der Waals surface area (Å²) in [6, 6.07) is 0. The van der Waals surface area contributed by atoms with E-state index >= 15 is 0 Å². The third kappa shape index (κ3) is 3.17. The van der Waals surface area contributed by atoms with E-state index in [0.717, 1.165) is 19.3 Å². The Kier molecular flexibility index (Phi) is 3.69. The first-order valence-electron chi connectivity index (χ1n) is 3.96. The number of amides is 1. The number of alkyl halides is 3. The first kappa shape index (κ1) is 11.4. The molecule has 6 heteroatoms. The van der Waals surface area contributed by atoms with Crippen molar-refractivity contribution in [1.29, 1.82) is 0 Å². The summed E-state index contributed by atoms with van der Waals surface area (Å²) in [6.07, 6.45) is 1.30. The molecule has 0 saturated heterocycles. The lowest BCUT2D eigenvalue weighted by molar-refractivity contribution is -0.130. The van der Waals surface area contributed by atoms with Crippen LogP contribution in [-0.4, -0.2) is 21.0 Å². The van der Waals surface area contributed by atoms with Gasteiger partial charge < -0.3 is 10.4 Å². The number of nitrogens with one attached hydrogen (secondary N) is 1. The predicted octanol–water partition coefficient (Wildman–Crippen LogP) is 1.59. The van der Waals surface area contributed by atoms with Crippen LogP contribution in [0.1, 0.15) is 19.3 Å². The number of carbonyl (C=O) groups is 1. The van der Waals surface area contributed by atoms with E-state index in [4.69, 9.17) is 34.8 Å². The minimum absolute atomic E-state index is 0.0259. The van der Waals surface area contributed by atoms with Gasteiger partial charge in [-0.15, -0.1) is 0 Å². The van der Waals surface area contributed by atoms with Crippen LogP contribution in [-0.2, 0) is 4.79 Å². The lowest BCUT2D eigenvalue weighted by atomic mass is 9.85. The highest BCUT2D eigenvalue weighted by molar-refractivity contribution is 6.68. The van der Waals surface area contributed by atoms with Crippen LogP contribution in [0.2, 0.25) is 0 Å². The maximum absolute atomic E-state index is 11.2. The average Bonchev–Trinajstić information content (AvgIpc) is 1.79. The molecule has 1 saturated carbocycles. The van der Waals surface area contributed by atoms with Crippen molar-refractivity contribution in [2.75, 3.05) is 0 Å². The Morgan fingerprint density at radius 1 is 1.46 bits per heavy atom. The van der Waals surface area contributed by atoms with Gasteiger partial charge in [-0.05, 0) is 12.8 Å². The highest BCUT2D eigenvalue weighted by atomic mass is 35.6. The lowest BCUT2D eigenvalue weighted by Gasteiger charge is -2.27. The van der Waals surface area contributed by atoms with Crippen molar-refractivity contribution in [1.82, 2.24) is 5.32 Å². The number of hydrogen-bond acceptors (Lipinski definition) is 2. The van der Waals surface area contributed by atoms with Crippen molar-refractivity contribution < 1.29 is 9.90 Å². The van der Waals surface area contributed by atoms with Gasteiger partial charge in [0.05, 0.1) is 0 Å². The molecule has 76 valence electrons. The van der Waals surface area contributed by atoms with Crippen molar-refractivity contribution in [2.45, 2.75) is 29.3 Å². The van der Waals surface area contributed by atoms with Gasteiger partial charge in [0.1, 0.15) is 0 Å². The molecule has 0 aliphatic heterocycles. The second-order valence-corrected chi connectivity index (χ2v) is 5.45. The van der Waals surface area contributed by atoms with Gasteiger partial charge in [-0.25, -0.2) is 0 Å². The van der Waals surface area contributed by atoms with Gasteiger partial charge in [-0.2, -0.15) is 0 Å². The topological polar surface area (TPSA) is 49.3 Å². The fraction of sp³-hybridized carbons (Fsp3) is 0.857. The monoisotopic (exact) mass is 245 g/mol. The van der Waals surface area contributed by atoms with Crippen LogP contribution >= 0.6 is 34.8 Å². The summed E-state index contributed by atoms with van der Waals surface area (Å²) >= 11 is 16.1. The minimum atomic E-state index is -1.86. The van der Waals surface area contributed by atoms with E-state index in [-0.39, 0.29) is 11.8 Å². The van der Waals surface area contributed by atoms with Crippen molar-refractivity contribution in [3.05, 3.63) is 0 Å². The molecular formula is C7H10Cl3NO2. The van der Waals surface area contributed by atoms with Gasteiger partial charge in [-0.1, -0.05) is 41.2 Å². The fourth-order valence-corrected chi connectivity index (χ4v) is 1.17. The largest absolute Gasteiger partial charge is 0.369 e. The van der Waals surface area contributed by atoms with Crippen LogP contribution in [0.25, 0.3) is 0 Å². The molecule has 0 heterocycles. The Morgan fingerprint density at radius 2 is 2.00 bits per heavy atom. The normalized spacial score (nSPS) is 20.6. The molecule has 0 aromatic carbocycles. The quantitative estimate of drug-likeness (QED) is 0.574. The van der Waals surface area contributed by atoms with E-state index in [1.165, 1.54) is 0 Å². The predicted molar refractivity (Wildman–Crippen MR) is 51.8 cm³/mol. The van der Waals surface area contributed by atoms with Gasteiger partial charge in [0.25, 0.3) is 0 Å². The van der Waals surface area contributed by atoms with Gasteiger partial charge in [0, 0.05) is 5.92 Å². The molecule has 0 aromatic rings. The zero-order valence-corrected chi connectivity index (χ0v) is 9.03. The van der Waals surface area contributed by atoms with Crippen LogP contribution in [0, 0.1) is 5.92 Å².